The van der Waals surface area contributed by atoms with Gasteiger partial charge in [-0.1, -0.05) is 0 Å². The maximum Gasteiger partial charge on any atom is 0.243 e. The Morgan fingerprint density at radius 2 is 2.17 bits per heavy atom. The molecule has 2 aliphatic heterocycles. The van der Waals surface area contributed by atoms with Crippen molar-refractivity contribution in [3.63, 3.8) is 0 Å². The molecule has 1 amide bonds. The Balaban J connectivity index is 2.07. The quantitative estimate of drug-likeness (QED) is 0.720. The molecular formula is C12H18N2O4. The van der Waals surface area contributed by atoms with Gasteiger partial charge >= 0.3 is 0 Å². The first-order valence-corrected chi connectivity index (χ1v) is 6.23. The molecule has 2 heterocycles. The van der Waals surface area contributed by atoms with Crippen LogP contribution in [0.2, 0.25) is 0 Å². The van der Waals surface area contributed by atoms with Crippen molar-refractivity contribution in [2.75, 3.05) is 39.5 Å². The number of morpholine rings is 1. The fourth-order valence-corrected chi connectivity index (χ4v) is 2.41. The van der Waals surface area contributed by atoms with Gasteiger partial charge in [0.2, 0.25) is 5.91 Å². The maximum atomic E-state index is 12.5. The molecule has 1 N–H and O–H groups in total. The Hall–Kier alpha value is -1.16. The predicted octanol–water partition coefficient (Wildman–Crippen LogP) is -0.474. The molecule has 2 aliphatic rings. The summed E-state index contributed by atoms with van der Waals surface area (Å²) < 4.78 is 10.5. The van der Waals surface area contributed by atoms with Crippen molar-refractivity contribution in [1.29, 1.82) is 5.26 Å². The summed E-state index contributed by atoms with van der Waals surface area (Å²) in [6.07, 6.45) is 0.561. The van der Waals surface area contributed by atoms with E-state index in [1.54, 1.807) is 4.90 Å². The van der Waals surface area contributed by atoms with Gasteiger partial charge in [0, 0.05) is 26.3 Å². The highest BCUT2D eigenvalue weighted by Gasteiger charge is 2.44. The first kappa shape index (κ1) is 13.3. The van der Waals surface area contributed by atoms with Crippen LogP contribution in [0.15, 0.2) is 0 Å². The monoisotopic (exact) mass is 254 g/mol. The number of rotatable bonds is 2. The van der Waals surface area contributed by atoms with E-state index in [9.17, 15) is 10.1 Å². The number of aliphatic hydroxyl groups is 1. The molecule has 100 valence electrons. The molecule has 6 nitrogen and oxygen atoms in total. The third-order valence-electron chi connectivity index (χ3n) is 3.60. The molecule has 1 unspecified atom stereocenters. The molecule has 2 rings (SSSR count). The zero-order valence-corrected chi connectivity index (χ0v) is 10.3. The number of hydrogen-bond donors (Lipinski definition) is 1. The molecule has 2 saturated heterocycles. The highest BCUT2D eigenvalue weighted by molar-refractivity contribution is 5.85. The van der Waals surface area contributed by atoms with Gasteiger partial charge in [0.1, 0.15) is 5.41 Å². The van der Waals surface area contributed by atoms with Crippen molar-refractivity contribution in [3.05, 3.63) is 0 Å². The number of ether oxygens (including phenoxy) is 2. The van der Waals surface area contributed by atoms with Crippen molar-refractivity contribution in [2.45, 2.75) is 18.9 Å². The molecule has 0 aromatic rings. The zero-order valence-electron chi connectivity index (χ0n) is 10.3. The zero-order chi connectivity index (χ0) is 13.0. The fourth-order valence-electron chi connectivity index (χ4n) is 2.41. The summed E-state index contributed by atoms with van der Waals surface area (Å²) in [6.45, 7) is 2.06. The average molecular weight is 254 g/mol. The fraction of sp³-hybridized carbons (Fsp3) is 0.833. The summed E-state index contributed by atoms with van der Waals surface area (Å²) in [4.78, 5) is 14.1. The van der Waals surface area contributed by atoms with E-state index in [1.807, 2.05) is 0 Å². The molecule has 6 heteroatoms. The summed E-state index contributed by atoms with van der Waals surface area (Å²) in [5.41, 5.74) is -0.949. The Kier molecular flexibility index (Phi) is 4.17. The van der Waals surface area contributed by atoms with E-state index in [-0.39, 0.29) is 18.6 Å². The van der Waals surface area contributed by atoms with Gasteiger partial charge in [0.05, 0.1) is 25.4 Å². The van der Waals surface area contributed by atoms with Crippen molar-refractivity contribution in [1.82, 2.24) is 4.90 Å². The van der Waals surface area contributed by atoms with Gasteiger partial charge < -0.3 is 19.5 Å². The van der Waals surface area contributed by atoms with Crippen LogP contribution in [0.4, 0.5) is 0 Å². The molecule has 0 saturated carbocycles. The summed E-state index contributed by atoms with van der Waals surface area (Å²) in [5.74, 6) is -0.143. The van der Waals surface area contributed by atoms with Crippen LogP contribution in [0, 0.1) is 16.7 Å². The lowest BCUT2D eigenvalue weighted by molar-refractivity contribution is -0.152. The smallest absolute Gasteiger partial charge is 0.243 e. The Labute approximate surface area is 106 Å². The molecule has 0 spiro atoms. The van der Waals surface area contributed by atoms with Gasteiger partial charge in [0.25, 0.3) is 0 Å². The molecule has 0 aliphatic carbocycles. The molecule has 0 radical (unpaired) electrons. The van der Waals surface area contributed by atoms with Crippen molar-refractivity contribution >= 4 is 5.91 Å². The number of aliphatic hydroxyl groups excluding tert-OH is 1. The molecule has 0 aromatic carbocycles. The third-order valence-corrected chi connectivity index (χ3v) is 3.60. The lowest BCUT2D eigenvalue weighted by Crippen LogP contribution is -2.53. The second-order valence-electron chi connectivity index (χ2n) is 4.73. The standard InChI is InChI=1S/C12H18N2O4/c13-9-12(1-4-17-5-2-12)11(16)14-3-6-18-10(7-14)8-15/h10,15H,1-8H2. The average Bonchev–Trinajstić information content (AvgIpc) is 2.47. The van der Waals surface area contributed by atoms with Crippen molar-refractivity contribution in [3.8, 4) is 6.07 Å². The lowest BCUT2D eigenvalue weighted by atomic mass is 9.80. The van der Waals surface area contributed by atoms with Gasteiger partial charge in [-0.25, -0.2) is 0 Å². The largest absolute Gasteiger partial charge is 0.394 e. The minimum atomic E-state index is -0.949. The Bertz CT molecular complexity index is 346. The number of hydrogen-bond acceptors (Lipinski definition) is 5. The van der Waals surface area contributed by atoms with E-state index >= 15 is 0 Å². The lowest BCUT2D eigenvalue weighted by Gasteiger charge is -2.38. The van der Waals surface area contributed by atoms with Crippen LogP contribution < -0.4 is 0 Å². The number of amides is 1. The highest BCUT2D eigenvalue weighted by Crippen LogP contribution is 2.32. The van der Waals surface area contributed by atoms with Crippen LogP contribution in [-0.4, -0.2) is 61.5 Å². The summed E-state index contributed by atoms with van der Waals surface area (Å²) in [7, 11) is 0. The van der Waals surface area contributed by atoms with Gasteiger partial charge in [-0.3, -0.25) is 4.79 Å². The van der Waals surface area contributed by atoms with Crippen molar-refractivity contribution < 1.29 is 19.4 Å². The molecule has 1 atom stereocenters. The molecule has 2 fully saturated rings. The summed E-state index contributed by atoms with van der Waals surface area (Å²) in [6, 6.07) is 2.17. The number of carbonyl (C=O) groups excluding carboxylic acids is 1. The number of carbonyl (C=O) groups is 1. The Morgan fingerprint density at radius 1 is 1.44 bits per heavy atom. The normalized spacial score (nSPS) is 27.6. The number of nitrogens with zero attached hydrogens (tertiary/aromatic N) is 2. The molecule has 18 heavy (non-hydrogen) atoms. The number of nitriles is 1. The Morgan fingerprint density at radius 3 is 2.78 bits per heavy atom. The predicted molar refractivity (Wildman–Crippen MR) is 61.5 cm³/mol. The van der Waals surface area contributed by atoms with Gasteiger partial charge in [-0.2, -0.15) is 5.26 Å². The van der Waals surface area contributed by atoms with Crippen LogP contribution >= 0.6 is 0 Å². The van der Waals surface area contributed by atoms with E-state index in [0.717, 1.165) is 0 Å². The molecule has 0 bridgehead atoms. The van der Waals surface area contributed by atoms with Crippen molar-refractivity contribution in [2.24, 2.45) is 5.41 Å². The van der Waals surface area contributed by atoms with Crippen LogP contribution in [0.1, 0.15) is 12.8 Å². The van der Waals surface area contributed by atoms with Gasteiger partial charge in [-0.15, -0.1) is 0 Å². The van der Waals surface area contributed by atoms with Crippen LogP contribution in [-0.2, 0) is 14.3 Å². The first-order chi connectivity index (χ1) is 8.72. The minimum absolute atomic E-state index is 0.105. The minimum Gasteiger partial charge on any atom is -0.394 e. The summed E-state index contributed by atoms with van der Waals surface area (Å²) in [5, 5.41) is 18.4. The van der Waals surface area contributed by atoms with E-state index in [1.165, 1.54) is 0 Å². The van der Waals surface area contributed by atoms with Crippen LogP contribution in [0.3, 0.4) is 0 Å². The first-order valence-electron chi connectivity index (χ1n) is 6.23. The summed E-state index contributed by atoms with van der Waals surface area (Å²) >= 11 is 0. The maximum absolute atomic E-state index is 12.5. The van der Waals surface area contributed by atoms with E-state index in [2.05, 4.69) is 6.07 Å². The molecule has 0 aromatic heterocycles. The van der Waals surface area contributed by atoms with E-state index < -0.39 is 5.41 Å². The second kappa shape index (κ2) is 5.65. The van der Waals surface area contributed by atoms with Crippen LogP contribution in [0.25, 0.3) is 0 Å². The second-order valence-corrected chi connectivity index (χ2v) is 4.73. The molecular weight excluding hydrogens is 236 g/mol. The third kappa shape index (κ3) is 2.48. The van der Waals surface area contributed by atoms with E-state index in [4.69, 9.17) is 14.6 Å². The van der Waals surface area contributed by atoms with Crippen LogP contribution in [0.5, 0.6) is 0 Å². The highest BCUT2D eigenvalue weighted by atomic mass is 16.5. The SMILES string of the molecule is N#CC1(C(=O)N2CCOC(CO)C2)CCOCC1. The topological polar surface area (TPSA) is 82.8 Å². The van der Waals surface area contributed by atoms with E-state index in [0.29, 0.717) is 45.8 Å². The van der Waals surface area contributed by atoms with Gasteiger partial charge in [0.15, 0.2) is 0 Å². The van der Waals surface area contributed by atoms with Gasteiger partial charge in [-0.05, 0) is 12.8 Å².